The predicted molar refractivity (Wildman–Crippen MR) is 123 cm³/mol. The Labute approximate surface area is 191 Å². The van der Waals surface area contributed by atoms with Crippen molar-refractivity contribution in [3.63, 3.8) is 0 Å². The molecule has 10 heteroatoms. The zero-order valence-electron chi connectivity index (χ0n) is 17.7. The first-order chi connectivity index (χ1) is 15.7. The molecule has 1 aliphatic rings. The van der Waals surface area contributed by atoms with Crippen molar-refractivity contribution in [2.24, 2.45) is 0 Å². The largest absolute Gasteiger partial charge is 0.339 e. The van der Waals surface area contributed by atoms with Crippen LogP contribution in [0.4, 0.5) is 5.69 Å². The van der Waals surface area contributed by atoms with Crippen molar-refractivity contribution < 1.29 is 22.7 Å². The molecule has 1 saturated heterocycles. The Morgan fingerprint density at radius 3 is 2.21 bits per heavy atom. The molecule has 0 radical (unpaired) electrons. The third-order valence-corrected chi connectivity index (χ3v) is 6.91. The summed E-state index contributed by atoms with van der Waals surface area (Å²) < 4.78 is 34.2. The SMILES string of the molecule is O=C(C(c1ccc2ccccc2c1)S(=O)(=O)O)N1CCN(Cc2ccc([N+](=O)[O-])cc2)CC1. The zero-order chi connectivity index (χ0) is 23.6. The Hall–Kier alpha value is -3.34. The Morgan fingerprint density at radius 1 is 0.970 bits per heavy atom. The van der Waals surface area contributed by atoms with Crippen LogP contribution in [-0.2, 0) is 21.5 Å². The number of carbonyl (C=O) groups is 1. The molecule has 1 amide bonds. The van der Waals surface area contributed by atoms with Crippen molar-refractivity contribution >= 4 is 32.5 Å². The van der Waals surface area contributed by atoms with Crippen molar-refractivity contribution in [1.82, 2.24) is 9.80 Å². The van der Waals surface area contributed by atoms with Gasteiger partial charge in [0.15, 0.2) is 5.25 Å². The molecule has 33 heavy (non-hydrogen) atoms. The summed E-state index contributed by atoms with van der Waals surface area (Å²) in [5.74, 6) is -0.650. The highest BCUT2D eigenvalue weighted by molar-refractivity contribution is 7.86. The minimum atomic E-state index is -4.67. The predicted octanol–water partition coefficient (Wildman–Crippen LogP) is 3.02. The fraction of sp³-hybridized carbons (Fsp3) is 0.261. The van der Waals surface area contributed by atoms with Gasteiger partial charge in [-0.2, -0.15) is 8.42 Å². The first-order valence-electron chi connectivity index (χ1n) is 10.4. The van der Waals surface area contributed by atoms with Crippen LogP contribution in [0.15, 0.2) is 66.7 Å². The summed E-state index contributed by atoms with van der Waals surface area (Å²) in [6.07, 6.45) is 0. The van der Waals surface area contributed by atoms with Crippen molar-refractivity contribution in [3.05, 3.63) is 88.0 Å². The van der Waals surface area contributed by atoms with E-state index in [1.54, 1.807) is 30.3 Å². The van der Waals surface area contributed by atoms with Crippen molar-refractivity contribution in [3.8, 4) is 0 Å². The number of hydrogen-bond donors (Lipinski definition) is 1. The Balaban J connectivity index is 1.45. The summed E-state index contributed by atoms with van der Waals surface area (Å²) in [4.78, 5) is 27.0. The highest BCUT2D eigenvalue weighted by Crippen LogP contribution is 2.28. The highest BCUT2D eigenvalue weighted by Gasteiger charge is 2.37. The van der Waals surface area contributed by atoms with E-state index >= 15 is 0 Å². The number of nitro groups is 1. The molecule has 0 bridgehead atoms. The molecule has 0 aromatic heterocycles. The van der Waals surface area contributed by atoms with Gasteiger partial charge in [0, 0.05) is 44.9 Å². The summed E-state index contributed by atoms with van der Waals surface area (Å²) >= 11 is 0. The molecule has 9 nitrogen and oxygen atoms in total. The van der Waals surface area contributed by atoms with Crippen molar-refractivity contribution in [2.75, 3.05) is 26.2 Å². The van der Waals surface area contributed by atoms with E-state index in [-0.39, 0.29) is 11.3 Å². The lowest BCUT2D eigenvalue weighted by molar-refractivity contribution is -0.384. The molecule has 0 aliphatic carbocycles. The number of hydrogen-bond acceptors (Lipinski definition) is 6. The lowest BCUT2D eigenvalue weighted by atomic mass is 10.0. The average molecular weight is 470 g/mol. The maximum absolute atomic E-state index is 13.2. The van der Waals surface area contributed by atoms with Crippen molar-refractivity contribution in [1.29, 1.82) is 0 Å². The van der Waals surface area contributed by atoms with E-state index in [4.69, 9.17) is 0 Å². The number of carbonyl (C=O) groups excluding carboxylic acids is 1. The Bertz CT molecular complexity index is 1290. The molecule has 3 aromatic carbocycles. The average Bonchev–Trinajstić information content (AvgIpc) is 2.79. The Kier molecular flexibility index (Phi) is 6.41. The molecule has 1 heterocycles. The fourth-order valence-corrected chi connectivity index (χ4v) is 4.98. The molecule has 3 aromatic rings. The molecular formula is C23H23N3O6S. The van der Waals surface area contributed by atoms with Crippen LogP contribution >= 0.6 is 0 Å². The van der Waals surface area contributed by atoms with Crippen LogP contribution in [0.25, 0.3) is 10.8 Å². The van der Waals surface area contributed by atoms with Gasteiger partial charge in [-0.25, -0.2) is 0 Å². The van der Waals surface area contributed by atoms with Crippen LogP contribution in [0.5, 0.6) is 0 Å². The second-order valence-electron chi connectivity index (χ2n) is 8.03. The quantitative estimate of drug-likeness (QED) is 0.335. The second kappa shape index (κ2) is 9.26. The van der Waals surface area contributed by atoms with Gasteiger partial charge < -0.3 is 4.90 Å². The van der Waals surface area contributed by atoms with Crippen LogP contribution in [0.1, 0.15) is 16.4 Å². The summed E-state index contributed by atoms with van der Waals surface area (Å²) in [6, 6.07) is 18.6. The van der Waals surface area contributed by atoms with E-state index < -0.39 is 26.2 Å². The number of nitro benzene ring substituents is 1. The summed E-state index contributed by atoms with van der Waals surface area (Å²) in [7, 11) is -4.67. The molecular weight excluding hydrogens is 446 g/mol. The number of non-ortho nitro benzene ring substituents is 1. The molecule has 0 spiro atoms. The third kappa shape index (κ3) is 5.19. The van der Waals surface area contributed by atoms with E-state index in [2.05, 4.69) is 4.90 Å². The summed E-state index contributed by atoms with van der Waals surface area (Å²) in [5.41, 5.74) is 1.17. The van der Waals surface area contributed by atoms with Crippen LogP contribution in [0.2, 0.25) is 0 Å². The van der Waals surface area contributed by atoms with Crippen LogP contribution in [0, 0.1) is 10.1 Å². The smallest absolute Gasteiger partial charge is 0.281 e. The van der Waals surface area contributed by atoms with E-state index in [0.29, 0.717) is 32.7 Å². The number of rotatable bonds is 6. The van der Waals surface area contributed by atoms with E-state index in [9.17, 15) is 27.9 Å². The third-order valence-electron chi connectivity index (χ3n) is 5.84. The van der Waals surface area contributed by atoms with Crippen LogP contribution < -0.4 is 0 Å². The van der Waals surface area contributed by atoms with Gasteiger partial charge in [-0.3, -0.25) is 24.4 Å². The molecule has 0 saturated carbocycles. The molecule has 1 unspecified atom stereocenters. The van der Waals surface area contributed by atoms with E-state index in [0.717, 1.165) is 16.3 Å². The van der Waals surface area contributed by atoms with Crippen LogP contribution in [0.3, 0.4) is 0 Å². The standard InChI is InChI=1S/C23H23N3O6S/c27-23(22(33(30,31)32)20-8-7-18-3-1-2-4-19(18)15-20)25-13-11-24(12-14-25)16-17-5-9-21(10-6-17)26(28)29/h1-10,15,22H,11-14,16H2,(H,30,31,32). The molecule has 172 valence electrons. The lowest BCUT2D eigenvalue weighted by Crippen LogP contribution is -2.50. The molecule has 1 fully saturated rings. The van der Waals surface area contributed by atoms with Gasteiger partial charge in [0.2, 0.25) is 5.91 Å². The minimum absolute atomic E-state index is 0.0270. The topological polar surface area (TPSA) is 121 Å². The minimum Gasteiger partial charge on any atom is -0.339 e. The maximum atomic E-state index is 13.2. The van der Waals surface area contributed by atoms with Gasteiger partial charge in [-0.15, -0.1) is 0 Å². The number of amides is 1. The summed E-state index contributed by atoms with van der Waals surface area (Å²) in [6.45, 7) is 2.21. The van der Waals surface area contributed by atoms with Gasteiger partial charge in [-0.05, 0) is 28.0 Å². The van der Waals surface area contributed by atoms with E-state index in [1.807, 2.05) is 24.3 Å². The number of benzene rings is 3. The molecule has 1 atom stereocenters. The van der Waals surface area contributed by atoms with Gasteiger partial charge >= 0.3 is 0 Å². The van der Waals surface area contributed by atoms with Gasteiger partial charge in [0.25, 0.3) is 15.8 Å². The normalized spacial score (nSPS) is 16.0. The van der Waals surface area contributed by atoms with E-state index in [1.165, 1.54) is 17.0 Å². The summed E-state index contributed by atoms with van der Waals surface area (Å²) in [5, 5.41) is 10.8. The maximum Gasteiger partial charge on any atom is 0.281 e. The van der Waals surface area contributed by atoms with Gasteiger partial charge in [-0.1, -0.05) is 48.5 Å². The number of piperazine rings is 1. The first-order valence-corrected chi connectivity index (χ1v) is 11.9. The highest BCUT2D eigenvalue weighted by atomic mass is 32.2. The first kappa shape index (κ1) is 22.8. The second-order valence-corrected chi connectivity index (χ2v) is 9.53. The molecule has 1 N–H and O–H groups in total. The lowest BCUT2D eigenvalue weighted by Gasteiger charge is -2.36. The monoisotopic (exact) mass is 469 g/mol. The fourth-order valence-electron chi connectivity index (χ4n) is 4.09. The Morgan fingerprint density at radius 2 is 1.61 bits per heavy atom. The molecule has 4 rings (SSSR count). The van der Waals surface area contributed by atoms with Crippen LogP contribution in [-0.4, -0.2) is 59.8 Å². The number of fused-ring (bicyclic) bond motifs is 1. The molecule has 1 aliphatic heterocycles. The number of nitrogens with zero attached hydrogens (tertiary/aromatic N) is 3. The van der Waals surface area contributed by atoms with Gasteiger partial charge in [0.1, 0.15) is 0 Å². The van der Waals surface area contributed by atoms with Gasteiger partial charge in [0.05, 0.1) is 4.92 Å². The van der Waals surface area contributed by atoms with Crippen molar-refractivity contribution in [2.45, 2.75) is 11.8 Å². The zero-order valence-corrected chi connectivity index (χ0v) is 18.5.